The SMILES string of the molecule is COc1cc(C=C(NC(=O)c2ccccc2)C(=O)Nc2ccc(OC(F)(F)F)cc2)cc(OC)c1OC. The number of halogens is 3. The first-order valence-corrected chi connectivity index (χ1v) is 10.7. The molecule has 0 aromatic heterocycles. The zero-order valence-electron chi connectivity index (χ0n) is 20.0. The molecule has 0 aliphatic carbocycles. The van der Waals surface area contributed by atoms with Crippen molar-refractivity contribution in [1.29, 1.82) is 0 Å². The minimum absolute atomic E-state index is 0.154. The predicted molar refractivity (Wildman–Crippen MR) is 130 cm³/mol. The lowest BCUT2D eigenvalue weighted by Crippen LogP contribution is -2.30. The Morgan fingerprint density at radius 3 is 1.95 bits per heavy atom. The Hall–Kier alpha value is -4.67. The summed E-state index contributed by atoms with van der Waals surface area (Å²) in [6, 6.07) is 15.9. The van der Waals surface area contributed by atoms with Crippen LogP contribution in [0.5, 0.6) is 23.0 Å². The van der Waals surface area contributed by atoms with Gasteiger partial charge in [-0.05, 0) is 60.2 Å². The summed E-state index contributed by atoms with van der Waals surface area (Å²) in [6.07, 6.45) is -3.45. The summed E-state index contributed by atoms with van der Waals surface area (Å²) in [7, 11) is 4.31. The molecule has 3 aromatic rings. The second-order valence-electron chi connectivity index (χ2n) is 7.36. The number of hydrogen-bond acceptors (Lipinski definition) is 6. The molecule has 0 saturated heterocycles. The van der Waals surface area contributed by atoms with E-state index < -0.39 is 23.9 Å². The minimum Gasteiger partial charge on any atom is -0.493 e. The molecule has 37 heavy (non-hydrogen) atoms. The zero-order valence-corrected chi connectivity index (χ0v) is 20.0. The van der Waals surface area contributed by atoms with Crippen LogP contribution in [0.25, 0.3) is 6.08 Å². The van der Waals surface area contributed by atoms with E-state index in [1.807, 2.05) is 0 Å². The molecule has 0 atom stereocenters. The molecule has 0 fully saturated rings. The fraction of sp³-hybridized carbons (Fsp3) is 0.154. The van der Waals surface area contributed by atoms with E-state index >= 15 is 0 Å². The Morgan fingerprint density at radius 1 is 0.838 bits per heavy atom. The van der Waals surface area contributed by atoms with Gasteiger partial charge in [0.15, 0.2) is 11.5 Å². The van der Waals surface area contributed by atoms with E-state index in [0.29, 0.717) is 28.4 Å². The number of rotatable bonds is 9. The van der Waals surface area contributed by atoms with E-state index in [9.17, 15) is 22.8 Å². The van der Waals surface area contributed by atoms with Crippen LogP contribution >= 0.6 is 0 Å². The van der Waals surface area contributed by atoms with Crippen LogP contribution in [0.1, 0.15) is 15.9 Å². The van der Waals surface area contributed by atoms with Crippen molar-refractivity contribution in [2.45, 2.75) is 6.36 Å². The largest absolute Gasteiger partial charge is 0.573 e. The quantitative estimate of drug-likeness (QED) is 0.388. The van der Waals surface area contributed by atoms with Crippen molar-refractivity contribution < 1.29 is 41.7 Å². The second kappa shape index (κ2) is 11.8. The summed E-state index contributed by atoms with van der Waals surface area (Å²) in [5.74, 6) is -0.755. The number of benzene rings is 3. The first-order valence-electron chi connectivity index (χ1n) is 10.7. The average Bonchev–Trinajstić information content (AvgIpc) is 2.88. The maximum absolute atomic E-state index is 13.1. The smallest absolute Gasteiger partial charge is 0.493 e. The summed E-state index contributed by atoms with van der Waals surface area (Å²) in [4.78, 5) is 25.9. The molecule has 0 aliphatic heterocycles. The molecule has 194 valence electrons. The van der Waals surface area contributed by atoms with Crippen LogP contribution in [0, 0.1) is 0 Å². The van der Waals surface area contributed by atoms with Gasteiger partial charge >= 0.3 is 6.36 Å². The number of amides is 2. The molecule has 0 spiro atoms. The molecule has 3 rings (SSSR count). The highest BCUT2D eigenvalue weighted by Crippen LogP contribution is 2.38. The fourth-order valence-corrected chi connectivity index (χ4v) is 3.23. The van der Waals surface area contributed by atoms with Gasteiger partial charge in [-0.2, -0.15) is 0 Å². The molecule has 0 bridgehead atoms. The summed E-state index contributed by atoms with van der Waals surface area (Å²) in [5.41, 5.74) is 0.754. The molecular formula is C26H23F3N2O6. The van der Waals surface area contributed by atoms with Gasteiger partial charge in [-0.3, -0.25) is 9.59 Å². The van der Waals surface area contributed by atoms with Crippen molar-refractivity contribution >= 4 is 23.6 Å². The highest BCUT2D eigenvalue weighted by Gasteiger charge is 2.31. The maximum atomic E-state index is 13.1. The number of anilines is 1. The number of methoxy groups -OCH3 is 3. The lowest BCUT2D eigenvalue weighted by Gasteiger charge is -2.15. The molecule has 0 saturated carbocycles. The normalized spacial score (nSPS) is 11.4. The maximum Gasteiger partial charge on any atom is 0.573 e. The molecule has 2 amide bonds. The zero-order chi connectivity index (χ0) is 27.0. The van der Waals surface area contributed by atoms with Gasteiger partial charge in [0, 0.05) is 11.3 Å². The van der Waals surface area contributed by atoms with Crippen LogP contribution in [-0.2, 0) is 4.79 Å². The van der Waals surface area contributed by atoms with Crippen molar-refractivity contribution in [3.05, 3.63) is 83.6 Å². The van der Waals surface area contributed by atoms with E-state index in [4.69, 9.17) is 14.2 Å². The van der Waals surface area contributed by atoms with Crippen LogP contribution in [0.2, 0.25) is 0 Å². The van der Waals surface area contributed by atoms with Crippen LogP contribution < -0.4 is 29.6 Å². The Balaban J connectivity index is 1.94. The van der Waals surface area contributed by atoms with Crippen molar-refractivity contribution in [1.82, 2.24) is 5.32 Å². The van der Waals surface area contributed by atoms with Crippen LogP contribution in [0.3, 0.4) is 0 Å². The highest BCUT2D eigenvalue weighted by molar-refractivity contribution is 6.10. The van der Waals surface area contributed by atoms with E-state index in [2.05, 4.69) is 15.4 Å². The fourth-order valence-electron chi connectivity index (χ4n) is 3.23. The predicted octanol–water partition coefficient (Wildman–Crippen LogP) is 5.02. The van der Waals surface area contributed by atoms with Crippen molar-refractivity contribution in [2.24, 2.45) is 0 Å². The Morgan fingerprint density at radius 2 is 1.43 bits per heavy atom. The Kier molecular flexibility index (Phi) is 8.62. The second-order valence-corrected chi connectivity index (χ2v) is 7.36. The first-order chi connectivity index (χ1) is 17.6. The highest BCUT2D eigenvalue weighted by atomic mass is 19.4. The molecule has 0 heterocycles. The molecule has 0 aliphatic rings. The van der Waals surface area contributed by atoms with Crippen molar-refractivity contribution in [3.8, 4) is 23.0 Å². The number of ether oxygens (including phenoxy) is 4. The number of hydrogen-bond donors (Lipinski definition) is 2. The van der Waals surface area contributed by atoms with Gasteiger partial charge in [0.05, 0.1) is 21.3 Å². The van der Waals surface area contributed by atoms with Gasteiger partial charge in [0.25, 0.3) is 11.8 Å². The third-order valence-corrected chi connectivity index (χ3v) is 4.87. The standard InChI is InChI=1S/C26H23F3N2O6/c1-34-21-14-16(15-22(35-2)23(21)36-3)13-20(31-24(32)17-7-5-4-6-8-17)25(33)30-18-9-11-19(12-10-18)37-26(27,28)29/h4-15H,1-3H3,(H,30,33)(H,31,32). The number of alkyl halides is 3. The molecular weight excluding hydrogens is 493 g/mol. The minimum atomic E-state index is -4.84. The molecule has 0 radical (unpaired) electrons. The van der Waals surface area contributed by atoms with Gasteiger partial charge in [-0.25, -0.2) is 0 Å². The summed E-state index contributed by atoms with van der Waals surface area (Å²) in [5, 5.41) is 5.11. The van der Waals surface area contributed by atoms with Crippen molar-refractivity contribution in [2.75, 3.05) is 26.6 Å². The average molecular weight is 516 g/mol. The van der Waals surface area contributed by atoms with Crippen LogP contribution in [-0.4, -0.2) is 39.5 Å². The Bertz CT molecular complexity index is 1250. The van der Waals surface area contributed by atoms with Gasteiger partial charge in [-0.15, -0.1) is 13.2 Å². The van der Waals surface area contributed by atoms with Gasteiger partial charge in [0.2, 0.25) is 5.75 Å². The van der Waals surface area contributed by atoms with Gasteiger partial charge in [0.1, 0.15) is 11.4 Å². The van der Waals surface area contributed by atoms with E-state index in [-0.39, 0.29) is 11.4 Å². The number of carbonyl (C=O) groups is 2. The first kappa shape index (κ1) is 26.9. The lowest BCUT2D eigenvalue weighted by atomic mass is 10.1. The van der Waals surface area contributed by atoms with E-state index in [0.717, 1.165) is 12.1 Å². The van der Waals surface area contributed by atoms with Gasteiger partial charge in [-0.1, -0.05) is 18.2 Å². The van der Waals surface area contributed by atoms with Crippen LogP contribution in [0.4, 0.5) is 18.9 Å². The Labute approximate surface area is 210 Å². The molecule has 11 heteroatoms. The lowest BCUT2D eigenvalue weighted by molar-refractivity contribution is -0.274. The topological polar surface area (TPSA) is 95.1 Å². The molecule has 0 unspecified atom stereocenters. The third-order valence-electron chi connectivity index (χ3n) is 4.87. The van der Waals surface area contributed by atoms with E-state index in [1.165, 1.54) is 39.5 Å². The summed E-state index contributed by atoms with van der Waals surface area (Å²) < 4.78 is 57.1. The molecule has 3 aromatic carbocycles. The van der Waals surface area contributed by atoms with E-state index in [1.54, 1.807) is 42.5 Å². The summed E-state index contributed by atoms with van der Waals surface area (Å²) in [6.45, 7) is 0. The number of nitrogens with one attached hydrogen (secondary N) is 2. The van der Waals surface area contributed by atoms with Crippen molar-refractivity contribution in [3.63, 3.8) is 0 Å². The monoisotopic (exact) mass is 516 g/mol. The third kappa shape index (κ3) is 7.40. The number of carbonyl (C=O) groups excluding carboxylic acids is 2. The van der Waals surface area contributed by atoms with Crippen LogP contribution in [0.15, 0.2) is 72.4 Å². The molecule has 8 nitrogen and oxygen atoms in total. The molecule has 2 N–H and O–H groups in total. The van der Waals surface area contributed by atoms with Gasteiger partial charge < -0.3 is 29.6 Å². The summed E-state index contributed by atoms with van der Waals surface area (Å²) >= 11 is 0.